The van der Waals surface area contributed by atoms with E-state index in [-0.39, 0.29) is 27.4 Å². The Morgan fingerprint density at radius 1 is 1.36 bits per heavy atom. The third-order valence-corrected chi connectivity index (χ3v) is 4.19. The van der Waals surface area contributed by atoms with Gasteiger partial charge in [-0.25, -0.2) is 18.7 Å². The van der Waals surface area contributed by atoms with Gasteiger partial charge in [0.2, 0.25) is 5.82 Å². The number of rotatable bonds is 7. The molecule has 10 nitrogen and oxygen atoms in total. The molecule has 0 saturated heterocycles. The number of amidine groups is 1. The first-order valence-corrected chi connectivity index (χ1v) is 8.90. The molecule has 12 heteroatoms. The zero-order valence-electron chi connectivity index (χ0n) is 14.3. The van der Waals surface area contributed by atoms with Gasteiger partial charge in [0.05, 0.1) is 10.2 Å². The van der Waals surface area contributed by atoms with Crippen LogP contribution in [0.25, 0.3) is 0 Å². The van der Waals surface area contributed by atoms with Crippen molar-refractivity contribution in [3.63, 3.8) is 0 Å². The number of aryl methyl sites for hydroxylation is 1. The fourth-order valence-electron chi connectivity index (χ4n) is 2.27. The highest BCUT2D eigenvalue weighted by Gasteiger charge is 2.16. The molecule has 0 amide bonds. The Morgan fingerprint density at radius 2 is 2.21 bits per heavy atom. The average molecular weight is 452 g/mol. The van der Waals surface area contributed by atoms with Gasteiger partial charge in [0.15, 0.2) is 11.5 Å². The van der Waals surface area contributed by atoms with Crippen molar-refractivity contribution < 1.29 is 14.2 Å². The minimum Gasteiger partial charge on any atom is -0.365 e. The van der Waals surface area contributed by atoms with Gasteiger partial charge >= 0.3 is 0 Å². The summed E-state index contributed by atoms with van der Waals surface area (Å²) < 4.78 is 19.6. The maximum Gasteiger partial charge on any atom is 0.266 e. The van der Waals surface area contributed by atoms with Gasteiger partial charge in [-0.15, -0.1) is 0 Å². The van der Waals surface area contributed by atoms with E-state index in [1.54, 1.807) is 6.07 Å². The highest BCUT2D eigenvalue weighted by atomic mass is 79.9. The molecule has 0 radical (unpaired) electrons. The first-order chi connectivity index (χ1) is 13.6. The molecule has 0 unspecified atom stereocenters. The summed E-state index contributed by atoms with van der Waals surface area (Å²) in [6.07, 6.45) is 2.12. The summed E-state index contributed by atoms with van der Waals surface area (Å²) in [7, 11) is 0. The molecule has 1 aromatic carbocycles. The van der Waals surface area contributed by atoms with Gasteiger partial charge in [0.1, 0.15) is 5.82 Å². The molecule has 0 aliphatic carbocycles. The first-order valence-electron chi connectivity index (χ1n) is 8.11. The third kappa shape index (κ3) is 4.78. The third-order valence-electron chi connectivity index (χ3n) is 3.59. The van der Waals surface area contributed by atoms with Crippen LogP contribution >= 0.6 is 15.9 Å². The summed E-state index contributed by atoms with van der Waals surface area (Å²) in [5, 5.41) is 23.8. The van der Waals surface area contributed by atoms with E-state index in [1.807, 2.05) is 5.48 Å². The molecule has 0 aliphatic rings. The SMILES string of the molecule is O=c1cccnn1CCCNc1nonc1C(=Nc1ccc(F)c(Br)c1)NO. The molecule has 3 rings (SSSR count). The summed E-state index contributed by atoms with van der Waals surface area (Å²) >= 11 is 3.07. The van der Waals surface area contributed by atoms with Crippen molar-refractivity contribution in [3.05, 3.63) is 62.9 Å². The Labute approximate surface area is 166 Å². The first kappa shape index (κ1) is 19.6. The van der Waals surface area contributed by atoms with Gasteiger partial charge in [-0.3, -0.25) is 15.5 Å². The second kappa shape index (κ2) is 9.19. The summed E-state index contributed by atoms with van der Waals surface area (Å²) in [6.45, 7) is 0.848. The molecule has 28 heavy (non-hydrogen) atoms. The van der Waals surface area contributed by atoms with Gasteiger partial charge in [-0.05, 0) is 56.9 Å². The van der Waals surface area contributed by atoms with E-state index >= 15 is 0 Å². The second-order valence-electron chi connectivity index (χ2n) is 5.50. The molecule has 0 fully saturated rings. The Bertz CT molecular complexity index is 1040. The van der Waals surface area contributed by atoms with Crippen molar-refractivity contribution in [2.24, 2.45) is 4.99 Å². The summed E-state index contributed by atoms with van der Waals surface area (Å²) in [4.78, 5) is 15.8. The van der Waals surface area contributed by atoms with Gasteiger partial charge < -0.3 is 5.32 Å². The Balaban J connectivity index is 1.67. The van der Waals surface area contributed by atoms with Gasteiger partial charge in [0, 0.05) is 25.4 Å². The summed E-state index contributed by atoms with van der Waals surface area (Å²) in [5.74, 6) is -0.229. The van der Waals surface area contributed by atoms with E-state index < -0.39 is 5.82 Å². The lowest BCUT2D eigenvalue weighted by atomic mass is 10.3. The zero-order chi connectivity index (χ0) is 19.9. The number of benzene rings is 1. The highest BCUT2D eigenvalue weighted by molar-refractivity contribution is 9.10. The van der Waals surface area contributed by atoms with Gasteiger partial charge in [-0.2, -0.15) is 5.10 Å². The van der Waals surface area contributed by atoms with Crippen LogP contribution in [0, 0.1) is 5.82 Å². The van der Waals surface area contributed by atoms with E-state index in [2.05, 4.69) is 41.7 Å². The molecule has 2 heterocycles. The molecule has 0 bridgehead atoms. The van der Waals surface area contributed by atoms with E-state index in [0.29, 0.717) is 25.2 Å². The maximum atomic E-state index is 13.3. The summed E-state index contributed by atoms with van der Waals surface area (Å²) in [5.41, 5.74) is 2.26. The smallest absolute Gasteiger partial charge is 0.266 e. The molecular formula is C16H15BrFN7O3. The molecule has 3 N–H and O–H groups in total. The highest BCUT2D eigenvalue weighted by Crippen LogP contribution is 2.23. The average Bonchev–Trinajstić information content (AvgIpc) is 3.15. The number of anilines is 1. The van der Waals surface area contributed by atoms with Gasteiger partial charge in [0.25, 0.3) is 5.56 Å². The van der Waals surface area contributed by atoms with Crippen molar-refractivity contribution in [1.29, 1.82) is 0 Å². The maximum absolute atomic E-state index is 13.3. The topological polar surface area (TPSA) is 130 Å². The fourth-order valence-corrected chi connectivity index (χ4v) is 2.63. The standard InChI is InChI=1S/C16H15BrFN7O3/c17-11-9-10(4-5-12(11)18)21-16(22-27)14-15(24-28-23-14)19-6-2-8-25-13(26)3-1-7-20-25/h1,3-5,7,9,27H,2,6,8H2,(H,19,24)(H,21,22). The van der Waals surface area contributed by atoms with Crippen LogP contribution < -0.4 is 16.4 Å². The second-order valence-corrected chi connectivity index (χ2v) is 6.35. The van der Waals surface area contributed by atoms with Crippen LogP contribution in [0.2, 0.25) is 0 Å². The van der Waals surface area contributed by atoms with E-state index in [4.69, 9.17) is 4.63 Å². The normalized spacial score (nSPS) is 11.5. The lowest BCUT2D eigenvalue weighted by Crippen LogP contribution is -2.23. The van der Waals surface area contributed by atoms with E-state index in [0.717, 1.165) is 0 Å². The van der Waals surface area contributed by atoms with Crippen molar-refractivity contribution in [3.8, 4) is 0 Å². The van der Waals surface area contributed by atoms with E-state index in [9.17, 15) is 14.4 Å². The largest absolute Gasteiger partial charge is 0.365 e. The van der Waals surface area contributed by atoms with Crippen LogP contribution in [0.1, 0.15) is 12.1 Å². The zero-order valence-corrected chi connectivity index (χ0v) is 15.9. The van der Waals surface area contributed by atoms with Crippen LogP contribution in [0.15, 0.2) is 55.4 Å². The minimum absolute atomic E-state index is 0.0387. The molecule has 3 aromatic rings. The van der Waals surface area contributed by atoms with Crippen LogP contribution in [0.4, 0.5) is 15.9 Å². The predicted octanol–water partition coefficient (Wildman–Crippen LogP) is 2.09. The number of aromatic nitrogens is 4. The van der Waals surface area contributed by atoms with Crippen LogP contribution in [0.3, 0.4) is 0 Å². The number of nitrogens with zero attached hydrogens (tertiary/aromatic N) is 5. The van der Waals surface area contributed by atoms with Crippen LogP contribution in [-0.4, -0.2) is 37.7 Å². The molecule has 0 saturated carbocycles. The predicted molar refractivity (Wildman–Crippen MR) is 101 cm³/mol. The minimum atomic E-state index is -0.435. The molecule has 146 valence electrons. The number of hydrogen-bond donors (Lipinski definition) is 3. The number of aliphatic imine (C=N–C) groups is 1. The Kier molecular flexibility index (Phi) is 6.45. The molecule has 0 aliphatic heterocycles. The van der Waals surface area contributed by atoms with Crippen molar-refractivity contribution in [1.82, 2.24) is 25.6 Å². The van der Waals surface area contributed by atoms with Crippen LogP contribution in [0.5, 0.6) is 0 Å². The summed E-state index contributed by atoms with van der Waals surface area (Å²) in [6, 6.07) is 7.12. The molecule has 0 atom stereocenters. The fraction of sp³-hybridized carbons (Fsp3) is 0.188. The molecular weight excluding hydrogens is 437 g/mol. The lowest BCUT2D eigenvalue weighted by Gasteiger charge is -2.06. The molecule has 0 spiro atoms. The van der Waals surface area contributed by atoms with Crippen molar-refractivity contribution in [2.45, 2.75) is 13.0 Å². The number of hydroxylamine groups is 1. The monoisotopic (exact) mass is 451 g/mol. The van der Waals surface area contributed by atoms with Crippen molar-refractivity contribution in [2.75, 3.05) is 11.9 Å². The van der Waals surface area contributed by atoms with Gasteiger partial charge in [-0.1, -0.05) is 0 Å². The van der Waals surface area contributed by atoms with Crippen molar-refractivity contribution >= 4 is 33.3 Å². The number of halogens is 2. The number of nitrogens with one attached hydrogen (secondary N) is 2. The lowest BCUT2D eigenvalue weighted by molar-refractivity contribution is 0.234. The quantitative estimate of drug-likeness (QED) is 0.215. The Morgan fingerprint density at radius 3 is 2.96 bits per heavy atom. The van der Waals surface area contributed by atoms with Crippen LogP contribution in [-0.2, 0) is 6.54 Å². The molecule has 2 aromatic heterocycles. The van der Waals surface area contributed by atoms with E-state index in [1.165, 1.54) is 35.1 Å². The Hall–Kier alpha value is -3.12. The number of hydrogen-bond acceptors (Lipinski definition) is 8.